The van der Waals surface area contributed by atoms with Crippen molar-refractivity contribution in [3.05, 3.63) is 11.1 Å². The van der Waals surface area contributed by atoms with Crippen LogP contribution >= 0.6 is 0 Å². The van der Waals surface area contributed by atoms with E-state index in [2.05, 4.69) is 4.99 Å². The number of hydrogen-bond acceptors (Lipinski definition) is 6. The largest absolute Gasteiger partial charge is 0.502 e. The molecule has 0 spiro atoms. The highest BCUT2D eigenvalue weighted by molar-refractivity contribution is 5.41. The van der Waals surface area contributed by atoms with Gasteiger partial charge in [0, 0.05) is 7.05 Å². The quantitative estimate of drug-likeness (QED) is 0.302. The number of nitrogens with two attached hydrogens (primary N) is 1. The molecule has 0 bridgehead atoms. The average Bonchev–Trinajstić information content (AvgIpc) is 2.13. The lowest BCUT2D eigenvalue weighted by molar-refractivity contribution is 0.0923. The molecule has 1 rings (SSSR count). The Morgan fingerprint density at radius 1 is 1.38 bits per heavy atom. The molecule has 0 radical (unpaired) electrons. The van der Waals surface area contributed by atoms with E-state index in [1.165, 1.54) is 7.05 Å². The number of aromatic nitrogens is 2. The summed E-state index contributed by atoms with van der Waals surface area (Å²) >= 11 is 0. The Balaban J connectivity index is 3.90. The van der Waals surface area contributed by atoms with Crippen LogP contribution < -0.4 is 16.8 Å². The normalized spacial score (nSPS) is 11.9. The highest BCUT2D eigenvalue weighted by Gasteiger charge is 2.10. The van der Waals surface area contributed by atoms with Gasteiger partial charge in [-0.15, -0.1) is 9.46 Å². The maximum atomic E-state index is 9.22. The second-order valence-electron chi connectivity index (χ2n) is 2.23. The molecule has 6 N–H and O–H groups in total. The number of anilines is 1. The fourth-order valence-corrected chi connectivity index (χ4v) is 0.820. The summed E-state index contributed by atoms with van der Waals surface area (Å²) in [4.78, 5) is 3.47. The summed E-state index contributed by atoms with van der Waals surface area (Å²) in [6, 6.07) is 0. The van der Waals surface area contributed by atoms with Crippen LogP contribution in [-0.4, -0.2) is 32.0 Å². The van der Waals surface area contributed by atoms with Gasteiger partial charge in [-0.3, -0.25) is 10.4 Å². The summed E-state index contributed by atoms with van der Waals surface area (Å²) < 4.78 is 0.329. The Morgan fingerprint density at radius 3 is 2.38 bits per heavy atom. The molecule has 1 heterocycles. The van der Waals surface area contributed by atoms with Crippen molar-refractivity contribution in [2.75, 3.05) is 12.8 Å². The molecule has 0 aliphatic carbocycles. The number of aromatic hydroxyl groups is 1. The SMILES string of the molecule is CN=c1c(O)c(N)n(O)c(=N)n1O. The first-order valence-corrected chi connectivity index (χ1v) is 3.23. The Labute approximate surface area is 71.9 Å². The number of nitrogens with one attached hydrogen (secondary N) is 1. The van der Waals surface area contributed by atoms with Crippen molar-refractivity contribution in [3.63, 3.8) is 0 Å². The van der Waals surface area contributed by atoms with Crippen LogP contribution in [0.25, 0.3) is 0 Å². The zero-order valence-electron chi connectivity index (χ0n) is 6.76. The van der Waals surface area contributed by atoms with Crippen LogP contribution in [0.5, 0.6) is 5.75 Å². The summed E-state index contributed by atoms with van der Waals surface area (Å²) in [5.74, 6) is -1.06. The van der Waals surface area contributed by atoms with Crippen molar-refractivity contribution in [1.29, 1.82) is 5.41 Å². The third-order valence-electron chi connectivity index (χ3n) is 1.50. The van der Waals surface area contributed by atoms with E-state index in [1.54, 1.807) is 0 Å². The molecular weight excluding hydrogens is 178 g/mol. The van der Waals surface area contributed by atoms with Gasteiger partial charge in [-0.25, -0.2) is 0 Å². The third-order valence-corrected chi connectivity index (χ3v) is 1.50. The summed E-state index contributed by atoms with van der Waals surface area (Å²) in [7, 11) is 1.29. The van der Waals surface area contributed by atoms with Crippen LogP contribution in [0.1, 0.15) is 0 Å². The molecule has 0 aliphatic heterocycles. The Bertz CT molecular complexity index is 456. The van der Waals surface area contributed by atoms with Gasteiger partial charge in [0.15, 0.2) is 5.82 Å². The minimum Gasteiger partial charge on any atom is -0.502 e. The van der Waals surface area contributed by atoms with Crippen molar-refractivity contribution in [2.24, 2.45) is 4.99 Å². The van der Waals surface area contributed by atoms with Gasteiger partial charge < -0.3 is 21.3 Å². The lowest BCUT2D eigenvalue weighted by Crippen LogP contribution is -2.39. The number of nitrogens with zero attached hydrogens (tertiary/aromatic N) is 3. The molecule has 0 saturated carbocycles. The van der Waals surface area contributed by atoms with Crippen molar-refractivity contribution >= 4 is 5.82 Å². The Hall–Kier alpha value is -2.12. The van der Waals surface area contributed by atoms with E-state index in [-0.39, 0.29) is 14.9 Å². The first-order chi connectivity index (χ1) is 6.00. The molecule has 1 aromatic heterocycles. The van der Waals surface area contributed by atoms with E-state index in [0.29, 0.717) is 0 Å². The molecule has 0 aliphatic rings. The van der Waals surface area contributed by atoms with E-state index < -0.39 is 17.2 Å². The monoisotopic (exact) mass is 187 g/mol. The third kappa shape index (κ3) is 1.08. The van der Waals surface area contributed by atoms with E-state index >= 15 is 0 Å². The molecule has 0 unspecified atom stereocenters. The average molecular weight is 187 g/mol. The number of rotatable bonds is 0. The minimum atomic E-state index is -0.712. The van der Waals surface area contributed by atoms with Crippen molar-refractivity contribution in [2.45, 2.75) is 0 Å². The fraction of sp³-hybridized carbons (Fsp3) is 0.200. The summed E-state index contributed by atoms with van der Waals surface area (Å²) in [6.07, 6.45) is 0. The van der Waals surface area contributed by atoms with E-state index in [0.717, 1.165) is 0 Å². The van der Waals surface area contributed by atoms with Gasteiger partial charge in [0.05, 0.1) is 0 Å². The molecule has 0 amide bonds. The standard InChI is InChI=1S/C5H9N5O3/c1-8-4-2(11)3(6)9(12)5(7)10(4)13/h7,11-13H,6H2,1H3. The van der Waals surface area contributed by atoms with Gasteiger partial charge in [0.2, 0.25) is 11.2 Å². The predicted octanol–water partition coefficient (Wildman–Crippen LogP) is -1.94. The van der Waals surface area contributed by atoms with Gasteiger partial charge >= 0.3 is 0 Å². The highest BCUT2D eigenvalue weighted by Crippen LogP contribution is 2.08. The first kappa shape index (κ1) is 8.97. The van der Waals surface area contributed by atoms with E-state index in [4.69, 9.17) is 21.6 Å². The summed E-state index contributed by atoms with van der Waals surface area (Å²) in [5.41, 5.74) is 4.18. The second kappa shape index (κ2) is 2.73. The van der Waals surface area contributed by atoms with Crippen LogP contribution in [0.3, 0.4) is 0 Å². The molecule has 0 atom stereocenters. The molecular formula is C5H9N5O3. The van der Waals surface area contributed by atoms with Gasteiger partial charge in [0.1, 0.15) is 0 Å². The summed E-state index contributed by atoms with van der Waals surface area (Å²) in [5, 5.41) is 34.5. The molecule has 13 heavy (non-hydrogen) atoms. The lowest BCUT2D eigenvalue weighted by Gasteiger charge is -2.07. The van der Waals surface area contributed by atoms with Crippen molar-refractivity contribution in [1.82, 2.24) is 9.46 Å². The predicted molar refractivity (Wildman–Crippen MR) is 40.2 cm³/mol. The minimum absolute atomic E-state index is 0.129. The summed E-state index contributed by atoms with van der Waals surface area (Å²) in [6.45, 7) is 0. The smallest absolute Gasteiger partial charge is 0.273 e. The van der Waals surface area contributed by atoms with Crippen LogP contribution in [0.4, 0.5) is 5.82 Å². The maximum Gasteiger partial charge on any atom is 0.273 e. The number of hydrogen-bond donors (Lipinski definition) is 5. The van der Waals surface area contributed by atoms with Crippen LogP contribution in [0, 0.1) is 5.41 Å². The Morgan fingerprint density at radius 2 is 1.92 bits per heavy atom. The van der Waals surface area contributed by atoms with Crippen molar-refractivity contribution < 1.29 is 15.5 Å². The fourth-order valence-electron chi connectivity index (χ4n) is 0.820. The molecule has 0 aromatic carbocycles. The van der Waals surface area contributed by atoms with Gasteiger partial charge in [-0.05, 0) is 0 Å². The van der Waals surface area contributed by atoms with Gasteiger partial charge in [-0.1, -0.05) is 0 Å². The number of nitrogen functional groups attached to an aromatic ring is 1. The van der Waals surface area contributed by atoms with Gasteiger partial charge in [0.25, 0.3) is 5.62 Å². The second-order valence-corrected chi connectivity index (χ2v) is 2.23. The molecule has 8 nitrogen and oxygen atoms in total. The Kier molecular flexibility index (Phi) is 1.89. The molecule has 1 aromatic rings. The van der Waals surface area contributed by atoms with Gasteiger partial charge in [-0.2, -0.15) is 0 Å². The molecule has 8 heteroatoms. The van der Waals surface area contributed by atoms with Crippen LogP contribution in [-0.2, 0) is 0 Å². The maximum absolute atomic E-state index is 9.22. The topological polar surface area (TPSA) is 133 Å². The van der Waals surface area contributed by atoms with E-state index in [9.17, 15) is 5.11 Å². The van der Waals surface area contributed by atoms with Crippen LogP contribution in [0.15, 0.2) is 4.99 Å². The zero-order chi connectivity index (χ0) is 10.2. The molecule has 0 fully saturated rings. The highest BCUT2D eigenvalue weighted by atomic mass is 16.5. The van der Waals surface area contributed by atoms with Crippen molar-refractivity contribution in [3.8, 4) is 5.75 Å². The molecule has 0 saturated heterocycles. The molecule has 72 valence electrons. The van der Waals surface area contributed by atoms with Crippen LogP contribution in [0.2, 0.25) is 0 Å². The lowest BCUT2D eigenvalue weighted by atomic mass is 10.5. The first-order valence-electron chi connectivity index (χ1n) is 3.23. The van der Waals surface area contributed by atoms with E-state index in [1.807, 2.05) is 0 Å². The zero-order valence-corrected chi connectivity index (χ0v) is 6.76.